The van der Waals surface area contributed by atoms with E-state index in [2.05, 4.69) is 20.9 Å². The number of carboxylic acids is 1. The summed E-state index contributed by atoms with van der Waals surface area (Å²) in [5.41, 5.74) is 1.84. The van der Waals surface area contributed by atoms with Crippen molar-refractivity contribution in [3.05, 3.63) is 36.0 Å². The van der Waals surface area contributed by atoms with Gasteiger partial charge in [0, 0.05) is 30.1 Å². The molecule has 0 radical (unpaired) electrons. The Balaban J connectivity index is 1.54. The fourth-order valence-corrected chi connectivity index (χ4v) is 5.37. The van der Waals surface area contributed by atoms with Crippen molar-refractivity contribution in [2.24, 2.45) is 5.92 Å². The number of para-hydroxylation sites is 1. The summed E-state index contributed by atoms with van der Waals surface area (Å²) in [6.07, 6.45) is 5.11. The molecule has 0 saturated carbocycles. The first-order chi connectivity index (χ1) is 17.7. The summed E-state index contributed by atoms with van der Waals surface area (Å²) >= 11 is 0. The zero-order chi connectivity index (χ0) is 26.5. The molecule has 2 aliphatic rings. The van der Waals surface area contributed by atoms with Gasteiger partial charge in [-0.05, 0) is 56.2 Å². The van der Waals surface area contributed by atoms with Crippen LogP contribution in [0.2, 0.25) is 0 Å². The van der Waals surface area contributed by atoms with E-state index in [-0.39, 0.29) is 30.2 Å². The lowest BCUT2D eigenvalue weighted by Crippen LogP contribution is -2.57. The molecule has 10 nitrogen and oxygen atoms in total. The maximum Gasteiger partial charge on any atom is 0.326 e. The number of H-pyrrole nitrogens is 1. The molecule has 3 heterocycles. The van der Waals surface area contributed by atoms with Gasteiger partial charge in [-0.3, -0.25) is 14.4 Å². The molecule has 2 saturated heterocycles. The number of benzene rings is 1. The van der Waals surface area contributed by atoms with Gasteiger partial charge in [-0.1, -0.05) is 32.0 Å². The van der Waals surface area contributed by atoms with Crippen LogP contribution in [0, 0.1) is 5.92 Å². The smallest absolute Gasteiger partial charge is 0.326 e. The van der Waals surface area contributed by atoms with Gasteiger partial charge < -0.3 is 30.9 Å². The van der Waals surface area contributed by atoms with E-state index in [4.69, 9.17) is 0 Å². The third-order valence-electron chi connectivity index (χ3n) is 7.25. The second kappa shape index (κ2) is 11.8. The molecular weight excluding hydrogens is 474 g/mol. The summed E-state index contributed by atoms with van der Waals surface area (Å²) in [7, 11) is 0. The van der Waals surface area contributed by atoms with E-state index < -0.39 is 30.0 Å². The van der Waals surface area contributed by atoms with Crippen molar-refractivity contribution < 1.29 is 24.3 Å². The number of carbonyl (C=O) groups excluding carboxylic acids is 3. The number of hydrogen-bond acceptors (Lipinski definition) is 5. The number of nitrogens with one attached hydrogen (secondary N) is 4. The summed E-state index contributed by atoms with van der Waals surface area (Å²) in [5.74, 6) is -2.02. The van der Waals surface area contributed by atoms with Crippen LogP contribution >= 0.6 is 0 Å². The molecule has 0 bridgehead atoms. The largest absolute Gasteiger partial charge is 0.480 e. The number of nitrogens with zero attached hydrogens (tertiary/aromatic N) is 1. The van der Waals surface area contributed by atoms with Crippen molar-refractivity contribution in [2.45, 2.75) is 76.5 Å². The fraction of sp³-hybridized carbons (Fsp3) is 0.556. The van der Waals surface area contributed by atoms with E-state index in [0.717, 1.165) is 29.4 Å². The highest BCUT2D eigenvalue weighted by molar-refractivity contribution is 5.95. The molecule has 2 aromatic rings. The Hall–Kier alpha value is -3.40. The van der Waals surface area contributed by atoms with Crippen molar-refractivity contribution >= 4 is 34.6 Å². The van der Waals surface area contributed by atoms with Crippen molar-refractivity contribution in [2.75, 3.05) is 13.1 Å². The standard InChI is InChI=1S/C27H37N5O5/c1-16(2)13-22(27(36)37)31-25(34)23-10-6-12-32(23)26(35)21(30-24(33)20-9-5-11-28-20)14-17-15-29-19-8-4-3-7-18(17)19/h3-4,7-8,15-16,20-23,28-29H,5-6,9-14H2,1-2H3,(H,30,33)(H,31,34)(H,36,37). The normalized spacial score (nSPS) is 21.2. The Morgan fingerprint density at radius 3 is 2.51 bits per heavy atom. The number of carbonyl (C=O) groups is 4. The number of aromatic amines is 1. The van der Waals surface area contributed by atoms with Gasteiger partial charge in [0.1, 0.15) is 18.1 Å². The number of hydrogen-bond donors (Lipinski definition) is 5. The molecular formula is C27H37N5O5. The summed E-state index contributed by atoms with van der Waals surface area (Å²) in [6.45, 7) is 4.92. The summed E-state index contributed by atoms with van der Waals surface area (Å²) in [5, 5.41) is 19.3. The molecule has 5 N–H and O–H groups in total. The Kier molecular flexibility index (Phi) is 8.48. The minimum atomic E-state index is -1.09. The minimum absolute atomic E-state index is 0.0858. The number of likely N-dealkylation sites (tertiary alicyclic amines) is 1. The van der Waals surface area contributed by atoms with Crippen LogP contribution in [0.25, 0.3) is 10.9 Å². The number of aliphatic carboxylic acids is 1. The van der Waals surface area contributed by atoms with Gasteiger partial charge in [-0.15, -0.1) is 0 Å². The van der Waals surface area contributed by atoms with Crippen LogP contribution < -0.4 is 16.0 Å². The number of rotatable bonds is 10. The molecule has 4 unspecified atom stereocenters. The van der Waals surface area contributed by atoms with Gasteiger partial charge in [-0.2, -0.15) is 0 Å². The topological polar surface area (TPSA) is 144 Å². The van der Waals surface area contributed by atoms with Crippen LogP contribution in [0.15, 0.2) is 30.5 Å². The Labute approximate surface area is 216 Å². The average molecular weight is 512 g/mol. The Morgan fingerprint density at radius 2 is 1.81 bits per heavy atom. The summed E-state index contributed by atoms with van der Waals surface area (Å²) in [4.78, 5) is 56.4. The number of amides is 3. The maximum absolute atomic E-state index is 13.9. The Bertz CT molecular complexity index is 1140. The lowest BCUT2D eigenvalue weighted by atomic mass is 10.0. The van der Waals surface area contributed by atoms with E-state index in [9.17, 15) is 24.3 Å². The first-order valence-electron chi connectivity index (χ1n) is 13.2. The quantitative estimate of drug-likeness (QED) is 0.328. The highest BCUT2D eigenvalue weighted by Crippen LogP contribution is 2.23. The van der Waals surface area contributed by atoms with Gasteiger partial charge in [0.15, 0.2) is 0 Å². The van der Waals surface area contributed by atoms with E-state index in [1.165, 1.54) is 4.90 Å². The van der Waals surface area contributed by atoms with Crippen molar-refractivity contribution in [3.63, 3.8) is 0 Å². The lowest BCUT2D eigenvalue weighted by molar-refractivity contribution is -0.145. The molecule has 0 aliphatic carbocycles. The third kappa shape index (κ3) is 6.30. The molecule has 200 valence electrons. The van der Waals surface area contributed by atoms with Crippen molar-refractivity contribution in [3.8, 4) is 0 Å². The molecule has 4 atom stereocenters. The third-order valence-corrected chi connectivity index (χ3v) is 7.25. The van der Waals surface area contributed by atoms with Crippen molar-refractivity contribution in [1.82, 2.24) is 25.8 Å². The minimum Gasteiger partial charge on any atom is -0.480 e. The molecule has 2 fully saturated rings. The molecule has 10 heteroatoms. The highest BCUT2D eigenvalue weighted by atomic mass is 16.4. The average Bonchev–Trinajstić information content (AvgIpc) is 3.63. The predicted octanol–water partition coefficient (Wildman–Crippen LogP) is 1.55. The van der Waals surface area contributed by atoms with Crippen LogP contribution in [0.3, 0.4) is 0 Å². The predicted molar refractivity (Wildman–Crippen MR) is 139 cm³/mol. The fourth-order valence-electron chi connectivity index (χ4n) is 5.37. The lowest BCUT2D eigenvalue weighted by Gasteiger charge is -2.30. The maximum atomic E-state index is 13.9. The van der Waals surface area contributed by atoms with Gasteiger partial charge in [0.2, 0.25) is 17.7 Å². The second-order valence-electron chi connectivity index (χ2n) is 10.5. The summed E-state index contributed by atoms with van der Waals surface area (Å²) < 4.78 is 0. The number of aromatic nitrogens is 1. The van der Waals surface area contributed by atoms with Gasteiger partial charge in [0.25, 0.3) is 0 Å². The molecule has 37 heavy (non-hydrogen) atoms. The monoisotopic (exact) mass is 511 g/mol. The number of carboxylic acid groups (broad SMARTS) is 1. The van der Waals surface area contributed by atoms with Gasteiger partial charge in [0.05, 0.1) is 6.04 Å². The van der Waals surface area contributed by atoms with E-state index >= 15 is 0 Å². The zero-order valence-corrected chi connectivity index (χ0v) is 21.5. The van der Waals surface area contributed by atoms with Crippen LogP contribution in [-0.4, -0.2) is 75.9 Å². The van der Waals surface area contributed by atoms with Gasteiger partial charge in [-0.25, -0.2) is 4.79 Å². The first kappa shape index (κ1) is 26.7. The zero-order valence-electron chi connectivity index (χ0n) is 21.5. The SMILES string of the molecule is CC(C)CC(NC(=O)C1CCCN1C(=O)C(Cc1c[nH]c2ccccc12)NC(=O)C1CCCN1)C(=O)O. The number of fused-ring (bicyclic) bond motifs is 1. The van der Waals surface area contributed by atoms with Crippen LogP contribution in [0.1, 0.15) is 51.5 Å². The molecule has 0 spiro atoms. The second-order valence-corrected chi connectivity index (χ2v) is 10.5. The molecule has 1 aromatic carbocycles. The van der Waals surface area contributed by atoms with Crippen LogP contribution in [0.4, 0.5) is 0 Å². The highest BCUT2D eigenvalue weighted by Gasteiger charge is 2.39. The van der Waals surface area contributed by atoms with E-state index in [1.807, 2.05) is 44.3 Å². The molecule has 3 amide bonds. The summed E-state index contributed by atoms with van der Waals surface area (Å²) in [6, 6.07) is 4.79. The van der Waals surface area contributed by atoms with E-state index in [0.29, 0.717) is 32.2 Å². The molecule has 2 aliphatic heterocycles. The van der Waals surface area contributed by atoms with Crippen LogP contribution in [0.5, 0.6) is 0 Å². The molecule has 4 rings (SSSR count). The van der Waals surface area contributed by atoms with Crippen molar-refractivity contribution in [1.29, 1.82) is 0 Å². The molecule has 1 aromatic heterocycles. The van der Waals surface area contributed by atoms with Crippen LogP contribution in [-0.2, 0) is 25.6 Å². The van der Waals surface area contributed by atoms with E-state index in [1.54, 1.807) is 0 Å². The Morgan fingerprint density at radius 1 is 1.05 bits per heavy atom. The van der Waals surface area contributed by atoms with Gasteiger partial charge >= 0.3 is 5.97 Å². The first-order valence-corrected chi connectivity index (χ1v) is 13.2.